The summed E-state index contributed by atoms with van der Waals surface area (Å²) in [6.07, 6.45) is 0.478. The molecule has 0 unspecified atom stereocenters. The van der Waals surface area contributed by atoms with Crippen LogP contribution in [-0.2, 0) is 6.42 Å². The predicted octanol–water partition coefficient (Wildman–Crippen LogP) is 4.21. The standard InChI is InChI=1S/C20H20FN3O3S/c1-12(2)22-19(25)14-6-9-16(17(11-14)26-3)27-20-23-18(24-28-20)10-13-4-7-15(21)8-5-13/h4-9,11-12H,10H2,1-3H3,(H,22,25). The van der Waals surface area contributed by atoms with Crippen LogP contribution in [0.25, 0.3) is 0 Å². The van der Waals surface area contributed by atoms with E-state index in [1.165, 1.54) is 19.2 Å². The Hall–Kier alpha value is -3.00. The van der Waals surface area contributed by atoms with E-state index in [1.54, 1.807) is 30.3 Å². The van der Waals surface area contributed by atoms with Crippen LogP contribution < -0.4 is 14.8 Å². The Kier molecular flexibility index (Phi) is 6.20. The highest BCUT2D eigenvalue weighted by Crippen LogP contribution is 2.33. The summed E-state index contributed by atoms with van der Waals surface area (Å²) in [5, 5.41) is 3.19. The molecule has 0 saturated carbocycles. The van der Waals surface area contributed by atoms with Crippen molar-refractivity contribution in [1.82, 2.24) is 14.7 Å². The third-order valence-corrected chi connectivity index (χ3v) is 4.40. The zero-order valence-corrected chi connectivity index (χ0v) is 16.5. The topological polar surface area (TPSA) is 73.3 Å². The van der Waals surface area contributed by atoms with E-state index in [-0.39, 0.29) is 17.8 Å². The van der Waals surface area contributed by atoms with Gasteiger partial charge in [0.05, 0.1) is 7.11 Å². The molecule has 8 heteroatoms. The number of rotatable bonds is 7. The van der Waals surface area contributed by atoms with Gasteiger partial charge in [-0.1, -0.05) is 12.1 Å². The van der Waals surface area contributed by atoms with Crippen molar-refractivity contribution in [3.8, 4) is 16.7 Å². The molecule has 0 aliphatic carbocycles. The first-order valence-corrected chi connectivity index (χ1v) is 9.45. The van der Waals surface area contributed by atoms with Gasteiger partial charge in [-0.15, -0.1) is 0 Å². The number of nitrogens with one attached hydrogen (secondary N) is 1. The summed E-state index contributed by atoms with van der Waals surface area (Å²) in [4.78, 5) is 16.5. The Bertz CT molecular complexity index is 958. The molecule has 0 aliphatic rings. The van der Waals surface area contributed by atoms with Gasteiger partial charge in [-0.05, 0) is 49.7 Å². The number of nitrogens with zero attached hydrogens (tertiary/aromatic N) is 2. The average Bonchev–Trinajstić information content (AvgIpc) is 3.10. The van der Waals surface area contributed by atoms with E-state index in [0.717, 1.165) is 17.1 Å². The number of halogens is 1. The summed E-state index contributed by atoms with van der Waals surface area (Å²) in [6, 6.07) is 11.2. The Morgan fingerprint density at radius 1 is 1.18 bits per heavy atom. The summed E-state index contributed by atoms with van der Waals surface area (Å²) < 4.78 is 28.4. The van der Waals surface area contributed by atoms with Gasteiger partial charge < -0.3 is 14.8 Å². The maximum absolute atomic E-state index is 13.0. The smallest absolute Gasteiger partial charge is 0.298 e. The Balaban J connectivity index is 1.72. The molecule has 1 amide bonds. The fourth-order valence-corrected chi connectivity index (χ4v) is 3.03. The third kappa shape index (κ3) is 5.04. The van der Waals surface area contributed by atoms with Crippen LogP contribution in [0.3, 0.4) is 0 Å². The van der Waals surface area contributed by atoms with Crippen LogP contribution >= 0.6 is 11.5 Å². The van der Waals surface area contributed by atoms with Crippen molar-refractivity contribution < 1.29 is 18.7 Å². The minimum absolute atomic E-state index is 0.0374. The lowest BCUT2D eigenvalue weighted by Gasteiger charge is -2.11. The van der Waals surface area contributed by atoms with Crippen LogP contribution in [0.4, 0.5) is 4.39 Å². The SMILES string of the molecule is COc1cc(C(=O)NC(C)C)ccc1Oc1nc(Cc2ccc(F)cc2)ns1. The van der Waals surface area contributed by atoms with Gasteiger partial charge in [-0.25, -0.2) is 4.39 Å². The lowest BCUT2D eigenvalue weighted by Crippen LogP contribution is -2.30. The minimum atomic E-state index is -0.281. The van der Waals surface area contributed by atoms with Crippen molar-refractivity contribution in [2.24, 2.45) is 0 Å². The van der Waals surface area contributed by atoms with Gasteiger partial charge in [0.15, 0.2) is 17.3 Å². The van der Waals surface area contributed by atoms with E-state index >= 15 is 0 Å². The normalized spacial score (nSPS) is 10.8. The largest absolute Gasteiger partial charge is 0.493 e. The molecule has 3 aromatic rings. The minimum Gasteiger partial charge on any atom is -0.493 e. The highest BCUT2D eigenvalue weighted by molar-refractivity contribution is 7.07. The van der Waals surface area contributed by atoms with E-state index in [2.05, 4.69) is 14.7 Å². The maximum Gasteiger partial charge on any atom is 0.298 e. The monoisotopic (exact) mass is 401 g/mol. The van der Waals surface area contributed by atoms with Crippen molar-refractivity contribution in [2.75, 3.05) is 7.11 Å². The Morgan fingerprint density at radius 2 is 1.93 bits per heavy atom. The lowest BCUT2D eigenvalue weighted by molar-refractivity contribution is 0.0942. The van der Waals surface area contributed by atoms with E-state index in [1.807, 2.05) is 13.8 Å². The van der Waals surface area contributed by atoms with E-state index in [4.69, 9.17) is 9.47 Å². The van der Waals surface area contributed by atoms with Gasteiger partial charge in [-0.2, -0.15) is 9.36 Å². The number of ether oxygens (including phenoxy) is 2. The molecule has 3 rings (SSSR count). The van der Waals surface area contributed by atoms with Gasteiger partial charge >= 0.3 is 0 Å². The second-order valence-corrected chi connectivity index (χ2v) is 7.09. The van der Waals surface area contributed by atoms with Crippen LogP contribution in [0.15, 0.2) is 42.5 Å². The third-order valence-electron chi connectivity index (χ3n) is 3.77. The second-order valence-electron chi connectivity index (χ2n) is 6.38. The lowest BCUT2D eigenvalue weighted by atomic mass is 10.1. The van der Waals surface area contributed by atoms with Crippen molar-refractivity contribution in [1.29, 1.82) is 0 Å². The quantitative estimate of drug-likeness (QED) is 0.642. The number of benzene rings is 2. The predicted molar refractivity (Wildman–Crippen MR) is 105 cm³/mol. The molecule has 0 fully saturated rings. The number of hydrogen-bond acceptors (Lipinski definition) is 6. The van der Waals surface area contributed by atoms with Crippen molar-refractivity contribution in [3.05, 3.63) is 65.2 Å². The Labute approximate surface area is 166 Å². The van der Waals surface area contributed by atoms with E-state index in [0.29, 0.717) is 34.5 Å². The van der Waals surface area contributed by atoms with Crippen molar-refractivity contribution in [3.63, 3.8) is 0 Å². The fraction of sp³-hybridized carbons (Fsp3) is 0.250. The summed E-state index contributed by atoms with van der Waals surface area (Å²) in [5.41, 5.74) is 1.39. The number of methoxy groups -OCH3 is 1. The maximum atomic E-state index is 13.0. The molecule has 1 aromatic heterocycles. The molecule has 0 bridgehead atoms. The summed E-state index contributed by atoms with van der Waals surface area (Å²) in [6.45, 7) is 3.79. The van der Waals surface area contributed by atoms with Gasteiger partial charge in [0.1, 0.15) is 5.82 Å². The van der Waals surface area contributed by atoms with Crippen molar-refractivity contribution >= 4 is 17.4 Å². The van der Waals surface area contributed by atoms with Crippen LogP contribution in [0, 0.1) is 5.82 Å². The van der Waals surface area contributed by atoms with Crippen LogP contribution in [-0.4, -0.2) is 28.4 Å². The number of hydrogen-bond donors (Lipinski definition) is 1. The molecule has 0 aliphatic heterocycles. The van der Waals surface area contributed by atoms with Crippen molar-refractivity contribution in [2.45, 2.75) is 26.3 Å². The molecular formula is C20H20FN3O3S. The number of carbonyl (C=O) groups is 1. The second kappa shape index (κ2) is 8.79. The number of aromatic nitrogens is 2. The first kappa shape index (κ1) is 19.8. The molecule has 0 spiro atoms. The van der Waals surface area contributed by atoms with Gasteiger partial charge in [-0.3, -0.25) is 4.79 Å². The van der Waals surface area contributed by atoms with Gasteiger partial charge in [0, 0.05) is 29.6 Å². The van der Waals surface area contributed by atoms with E-state index < -0.39 is 0 Å². The molecule has 0 atom stereocenters. The van der Waals surface area contributed by atoms with E-state index in [9.17, 15) is 9.18 Å². The van der Waals surface area contributed by atoms with Gasteiger partial charge in [0.2, 0.25) is 0 Å². The summed E-state index contributed by atoms with van der Waals surface area (Å²) in [5.74, 6) is 0.979. The Morgan fingerprint density at radius 3 is 2.61 bits per heavy atom. The molecule has 2 aromatic carbocycles. The number of amides is 1. The van der Waals surface area contributed by atoms with Gasteiger partial charge in [0.25, 0.3) is 11.1 Å². The molecule has 6 nitrogen and oxygen atoms in total. The molecule has 28 heavy (non-hydrogen) atoms. The first-order chi connectivity index (χ1) is 13.4. The highest BCUT2D eigenvalue weighted by atomic mass is 32.1. The number of carbonyl (C=O) groups excluding carboxylic acids is 1. The molecular weight excluding hydrogens is 381 g/mol. The first-order valence-electron chi connectivity index (χ1n) is 8.68. The summed E-state index contributed by atoms with van der Waals surface area (Å²) in [7, 11) is 1.51. The molecule has 1 heterocycles. The van der Waals surface area contributed by atoms with Crippen LogP contribution in [0.1, 0.15) is 35.6 Å². The van der Waals surface area contributed by atoms with Crippen LogP contribution in [0.5, 0.6) is 16.7 Å². The molecule has 146 valence electrons. The highest BCUT2D eigenvalue weighted by Gasteiger charge is 2.14. The fourth-order valence-electron chi connectivity index (χ4n) is 2.47. The molecule has 0 saturated heterocycles. The van der Waals surface area contributed by atoms with Crippen LogP contribution in [0.2, 0.25) is 0 Å². The average molecular weight is 401 g/mol. The summed E-state index contributed by atoms with van der Waals surface area (Å²) >= 11 is 1.11. The molecule has 1 N–H and O–H groups in total. The molecule has 0 radical (unpaired) electrons. The zero-order chi connectivity index (χ0) is 20.1. The zero-order valence-electron chi connectivity index (χ0n) is 15.7.